The molecule has 1 aromatic rings. The van der Waals surface area contributed by atoms with Gasteiger partial charge in [-0.05, 0) is 31.1 Å². The Morgan fingerprint density at radius 1 is 1.67 bits per heavy atom. The number of hydrogen-bond donors (Lipinski definition) is 0. The molecule has 0 bridgehead atoms. The number of halogens is 1. The van der Waals surface area contributed by atoms with Crippen LogP contribution in [0.25, 0.3) is 0 Å². The van der Waals surface area contributed by atoms with Crippen molar-refractivity contribution in [1.29, 1.82) is 0 Å². The molecule has 1 aliphatic rings. The second-order valence-corrected chi connectivity index (χ2v) is 4.16. The van der Waals surface area contributed by atoms with Crippen LogP contribution in [0.1, 0.15) is 12.8 Å². The van der Waals surface area contributed by atoms with Crippen LogP contribution in [0, 0.1) is 5.82 Å². The predicted octanol–water partition coefficient (Wildman–Crippen LogP) is 1.78. The van der Waals surface area contributed by atoms with Gasteiger partial charge in [0.25, 0.3) is 5.88 Å². The summed E-state index contributed by atoms with van der Waals surface area (Å²) in [5, 5.41) is 0. The second kappa shape index (κ2) is 5.62. The number of carbonyl (C=O) groups is 1. The molecule has 1 aromatic heterocycles. The van der Waals surface area contributed by atoms with Gasteiger partial charge in [-0.15, -0.1) is 0 Å². The molecule has 0 spiro atoms. The smallest absolute Gasteiger partial charge is 0.250 e. The highest BCUT2D eigenvalue weighted by Gasteiger charge is 2.24. The fraction of sp³-hybridized carbons (Fsp3) is 0.385. The van der Waals surface area contributed by atoms with Crippen LogP contribution in [-0.4, -0.2) is 35.0 Å². The lowest BCUT2D eigenvalue weighted by atomic mass is 10.1. The zero-order chi connectivity index (χ0) is 13.0. The van der Waals surface area contributed by atoms with Crippen molar-refractivity contribution in [3.63, 3.8) is 0 Å². The predicted molar refractivity (Wildman–Crippen MR) is 64.6 cm³/mol. The highest BCUT2D eigenvalue weighted by molar-refractivity contribution is 5.87. The molecule has 1 fully saturated rings. The molecule has 1 aliphatic heterocycles. The van der Waals surface area contributed by atoms with Crippen molar-refractivity contribution in [3.8, 4) is 5.88 Å². The van der Waals surface area contributed by atoms with E-state index in [2.05, 4.69) is 11.6 Å². The maximum absolute atomic E-state index is 13.4. The standard InChI is InChI=1S/C13H15FN2O2/c1-2-12(17)16-8-4-5-10(9-16)18-13-11(14)6-3-7-15-13/h2-3,6-7,10H,1,4-5,8-9H2. The Labute approximate surface area is 105 Å². The highest BCUT2D eigenvalue weighted by Crippen LogP contribution is 2.19. The van der Waals surface area contributed by atoms with E-state index in [-0.39, 0.29) is 17.9 Å². The van der Waals surface area contributed by atoms with E-state index in [4.69, 9.17) is 4.74 Å². The van der Waals surface area contributed by atoms with Crippen LogP contribution < -0.4 is 4.74 Å². The van der Waals surface area contributed by atoms with E-state index >= 15 is 0 Å². The molecule has 5 heteroatoms. The Morgan fingerprint density at radius 2 is 2.50 bits per heavy atom. The summed E-state index contributed by atoms with van der Waals surface area (Å²) in [5.74, 6) is -0.607. The first kappa shape index (κ1) is 12.5. The molecule has 2 rings (SSSR count). The molecule has 96 valence electrons. The number of pyridine rings is 1. The minimum absolute atomic E-state index is 0.00426. The molecule has 0 aliphatic carbocycles. The summed E-state index contributed by atoms with van der Waals surface area (Å²) < 4.78 is 18.9. The first-order valence-corrected chi connectivity index (χ1v) is 5.89. The Hall–Kier alpha value is -1.91. The van der Waals surface area contributed by atoms with Gasteiger partial charge in [0.2, 0.25) is 5.91 Å². The monoisotopic (exact) mass is 250 g/mol. The van der Waals surface area contributed by atoms with E-state index in [1.165, 1.54) is 24.4 Å². The van der Waals surface area contributed by atoms with Crippen molar-refractivity contribution in [2.24, 2.45) is 0 Å². The zero-order valence-corrected chi connectivity index (χ0v) is 10.0. The van der Waals surface area contributed by atoms with Gasteiger partial charge in [0.05, 0.1) is 6.54 Å². The summed E-state index contributed by atoms with van der Waals surface area (Å²) in [6, 6.07) is 2.81. The fourth-order valence-electron chi connectivity index (χ4n) is 1.98. The van der Waals surface area contributed by atoms with E-state index in [1.54, 1.807) is 4.90 Å². The Morgan fingerprint density at radius 3 is 3.22 bits per heavy atom. The number of hydrogen-bond acceptors (Lipinski definition) is 3. The van der Waals surface area contributed by atoms with Crippen LogP contribution in [0.3, 0.4) is 0 Å². The SMILES string of the molecule is C=CC(=O)N1CCCC(Oc2ncccc2F)C1. The van der Waals surface area contributed by atoms with Crippen LogP contribution in [0.2, 0.25) is 0 Å². The van der Waals surface area contributed by atoms with Gasteiger partial charge >= 0.3 is 0 Å². The average Bonchev–Trinajstić information content (AvgIpc) is 2.41. The lowest BCUT2D eigenvalue weighted by Gasteiger charge is -2.31. The molecule has 2 heterocycles. The highest BCUT2D eigenvalue weighted by atomic mass is 19.1. The molecule has 0 aromatic carbocycles. The number of piperidine rings is 1. The molecule has 4 nitrogen and oxygen atoms in total. The van der Waals surface area contributed by atoms with E-state index in [1.807, 2.05) is 0 Å². The second-order valence-electron chi connectivity index (χ2n) is 4.16. The molecule has 18 heavy (non-hydrogen) atoms. The number of nitrogens with zero attached hydrogens (tertiary/aromatic N) is 2. The maximum atomic E-state index is 13.4. The number of ether oxygens (including phenoxy) is 1. The summed E-state index contributed by atoms with van der Waals surface area (Å²) in [7, 11) is 0. The van der Waals surface area contributed by atoms with Gasteiger partial charge in [-0.3, -0.25) is 4.79 Å². The van der Waals surface area contributed by atoms with Crippen LogP contribution in [0.15, 0.2) is 31.0 Å². The van der Waals surface area contributed by atoms with Crippen LogP contribution >= 0.6 is 0 Å². The van der Waals surface area contributed by atoms with Gasteiger partial charge in [0.15, 0.2) is 5.82 Å². The molecule has 1 amide bonds. The first-order chi connectivity index (χ1) is 8.70. The zero-order valence-electron chi connectivity index (χ0n) is 10.0. The Kier molecular flexibility index (Phi) is 3.92. The quantitative estimate of drug-likeness (QED) is 0.768. The van der Waals surface area contributed by atoms with Gasteiger partial charge in [0.1, 0.15) is 6.10 Å². The molecule has 1 atom stereocenters. The summed E-state index contributed by atoms with van der Waals surface area (Å²) >= 11 is 0. The number of rotatable bonds is 3. The topological polar surface area (TPSA) is 42.4 Å². The van der Waals surface area contributed by atoms with Crippen molar-refractivity contribution in [2.75, 3.05) is 13.1 Å². The summed E-state index contributed by atoms with van der Waals surface area (Å²) in [6.07, 6.45) is 4.17. The Balaban J connectivity index is 2.00. The van der Waals surface area contributed by atoms with E-state index in [0.29, 0.717) is 13.1 Å². The fourth-order valence-corrected chi connectivity index (χ4v) is 1.98. The third kappa shape index (κ3) is 2.85. The maximum Gasteiger partial charge on any atom is 0.250 e. The van der Waals surface area contributed by atoms with Gasteiger partial charge in [-0.1, -0.05) is 6.58 Å². The van der Waals surface area contributed by atoms with E-state index < -0.39 is 5.82 Å². The minimum Gasteiger partial charge on any atom is -0.470 e. The lowest BCUT2D eigenvalue weighted by molar-refractivity contribution is -0.128. The largest absolute Gasteiger partial charge is 0.470 e. The third-order valence-electron chi connectivity index (χ3n) is 2.87. The van der Waals surface area contributed by atoms with Crippen molar-refractivity contribution < 1.29 is 13.9 Å². The Bertz CT molecular complexity index is 450. The van der Waals surface area contributed by atoms with Crippen LogP contribution in [-0.2, 0) is 4.79 Å². The molecule has 1 unspecified atom stereocenters. The summed E-state index contributed by atoms with van der Waals surface area (Å²) in [5.41, 5.74) is 0. The van der Waals surface area contributed by atoms with Crippen LogP contribution in [0.5, 0.6) is 5.88 Å². The number of likely N-dealkylation sites (tertiary alicyclic amines) is 1. The van der Waals surface area contributed by atoms with Gasteiger partial charge in [0, 0.05) is 12.7 Å². The number of carbonyl (C=O) groups excluding carboxylic acids is 1. The minimum atomic E-state index is -0.482. The van der Waals surface area contributed by atoms with Gasteiger partial charge in [-0.2, -0.15) is 0 Å². The van der Waals surface area contributed by atoms with Crippen molar-refractivity contribution in [3.05, 3.63) is 36.8 Å². The molecule has 1 saturated heterocycles. The molecular formula is C13H15FN2O2. The lowest BCUT2D eigenvalue weighted by Crippen LogP contribution is -2.43. The molecule has 0 N–H and O–H groups in total. The van der Waals surface area contributed by atoms with Crippen LogP contribution in [0.4, 0.5) is 4.39 Å². The van der Waals surface area contributed by atoms with Gasteiger partial charge in [-0.25, -0.2) is 9.37 Å². The number of aromatic nitrogens is 1. The first-order valence-electron chi connectivity index (χ1n) is 5.89. The van der Waals surface area contributed by atoms with Gasteiger partial charge < -0.3 is 9.64 Å². The summed E-state index contributed by atoms with van der Waals surface area (Å²) in [6.45, 7) is 4.59. The van der Waals surface area contributed by atoms with E-state index in [0.717, 1.165) is 12.8 Å². The average molecular weight is 250 g/mol. The summed E-state index contributed by atoms with van der Waals surface area (Å²) in [4.78, 5) is 17.0. The van der Waals surface area contributed by atoms with E-state index in [9.17, 15) is 9.18 Å². The van der Waals surface area contributed by atoms with Crippen molar-refractivity contribution in [2.45, 2.75) is 18.9 Å². The molecular weight excluding hydrogens is 235 g/mol. The normalized spacial score (nSPS) is 19.4. The van der Waals surface area contributed by atoms with Crippen molar-refractivity contribution in [1.82, 2.24) is 9.88 Å². The molecule has 0 radical (unpaired) electrons. The number of amides is 1. The molecule has 0 saturated carbocycles. The third-order valence-corrected chi connectivity index (χ3v) is 2.87. The van der Waals surface area contributed by atoms with Crippen molar-refractivity contribution >= 4 is 5.91 Å².